The van der Waals surface area contributed by atoms with Gasteiger partial charge < -0.3 is 45.3 Å². The number of hydrogen-bond donors (Lipinski definition) is 4. The molecular formula is C55H87ClN6O11. The summed E-state index contributed by atoms with van der Waals surface area (Å²) in [4.78, 5) is 114. The van der Waals surface area contributed by atoms with Crippen molar-refractivity contribution < 1.29 is 52.6 Å². The number of allylic oxidation sites excluding steroid dienone is 2. The van der Waals surface area contributed by atoms with E-state index in [-0.39, 0.29) is 54.9 Å². The van der Waals surface area contributed by atoms with E-state index in [0.717, 1.165) is 5.57 Å². The van der Waals surface area contributed by atoms with Gasteiger partial charge in [-0.3, -0.25) is 28.8 Å². The summed E-state index contributed by atoms with van der Waals surface area (Å²) >= 11 is 6.22. The van der Waals surface area contributed by atoms with Gasteiger partial charge in [0.2, 0.25) is 29.5 Å². The van der Waals surface area contributed by atoms with Crippen molar-refractivity contribution >= 4 is 59.0 Å². The zero-order chi connectivity index (χ0) is 55.2. The zero-order valence-corrected chi connectivity index (χ0v) is 46.9. The maximum atomic E-state index is 14.9. The van der Waals surface area contributed by atoms with Crippen LogP contribution in [0, 0.1) is 17.8 Å². The molecule has 0 aliphatic carbocycles. The molecule has 0 spiro atoms. The molecule has 1 aliphatic heterocycles. The van der Waals surface area contributed by atoms with Gasteiger partial charge >= 0.3 is 11.9 Å². The largest absolute Gasteiger partial charge is 0.456 e. The Hall–Kier alpha value is -5.29. The first-order chi connectivity index (χ1) is 34.2. The fourth-order valence-electron chi connectivity index (χ4n) is 8.36. The second kappa shape index (κ2) is 31.4. The van der Waals surface area contributed by atoms with E-state index in [2.05, 4.69) is 21.3 Å². The number of nitrogens with zero attached hydrogens (tertiary/aromatic N) is 2. The number of unbranched alkanes of at least 4 members (excludes halogenated alkanes) is 1. The molecular weight excluding hydrogens is 956 g/mol. The number of likely N-dealkylation sites (N-methyl/N-ethyl adjacent to an activating group) is 2. The highest BCUT2D eigenvalue weighted by molar-refractivity contribution is 6.30. The number of carbonyl (C=O) groups is 8. The van der Waals surface area contributed by atoms with E-state index in [9.17, 15) is 38.4 Å². The molecule has 1 aromatic rings. The van der Waals surface area contributed by atoms with Crippen LogP contribution in [0.1, 0.15) is 146 Å². The summed E-state index contributed by atoms with van der Waals surface area (Å²) < 4.78 is 17.6. The number of carbonyl (C=O) groups excluding carboxylic acids is 8. The van der Waals surface area contributed by atoms with Crippen LogP contribution in [-0.2, 0) is 59.0 Å². The molecule has 0 fully saturated rings. The van der Waals surface area contributed by atoms with E-state index in [1.807, 2.05) is 68.4 Å². The molecule has 17 nitrogen and oxygen atoms in total. The summed E-state index contributed by atoms with van der Waals surface area (Å²) in [6.07, 6.45) is 4.84. The molecule has 8 atom stereocenters. The Kier molecular flexibility index (Phi) is 27.5. The van der Waals surface area contributed by atoms with E-state index in [1.165, 1.54) is 30.8 Å². The zero-order valence-electron chi connectivity index (χ0n) is 46.1. The fourth-order valence-corrected chi connectivity index (χ4v) is 8.48. The molecule has 1 aliphatic rings. The van der Waals surface area contributed by atoms with Crippen molar-refractivity contribution in [3.63, 3.8) is 0 Å². The van der Waals surface area contributed by atoms with Crippen molar-refractivity contribution in [1.82, 2.24) is 31.1 Å². The predicted octanol–water partition coefficient (Wildman–Crippen LogP) is 6.78. The van der Waals surface area contributed by atoms with E-state index in [0.29, 0.717) is 62.3 Å². The predicted molar refractivity (Wildman–Crippen MR) is 283 cm³/mol. The van der Waals surface area contributed by atoms with Crippen LogP contribution >= 0.6 is 11.6 Å². The molecule has 4 N–H and O–H groups in total. The molecule has 73 heavy (non-hydrogen) atoms. The Labute approximate surface area is 440 Å². The average Bonchev–Trinajstić information content (AvgIpc) is 3.33. The highest BCUT2D eigenvalue weighted by Crippen LogP contribution is 2.24. The first-order valence-corrected chi connectivity index (χ1v) is 26.4. The average molecular weight is 1040 g/mol. The van der Waals surface area contributed by atoms with Crippen molar-refractivity contribution in [2.45, 2.75) is 189 Å². The molecule has 410 valence electrons. The van der Waals surface area contributed by atoms with E-state index in [4.69, 9.17) is 25.8 Å². The Morgan fingerprint density at radius 3 is 2.21 bits per heavy atom. The molecule has 6 amide bonds. The van der Waals surface area contributed by atoms with Crippen LogP contribution in [0.2, 0.25) is 5.02 Å². The highest BCUT2D eigenvalue weighted by atomic mass is 35.5. The Morgan fingerprint density at radius 2 is 1.60 bits per heavy atom. The van der Waals surface area contributed by atoms with Crippen molar-refractivity contribution in [1.29, 1.82) is 0 Å². The van der Waals surface area contributed by atoms with Gasteiger partial charge in [0.05, 0.1) is 12.1 Å². The number of amides is 6. The Bertz CT molecular complexity index is 2070. The highest BCUT2D eigenvalue weighted by Gasteiger charge is 2.37. The SMILES string of the molecule is C/C=C(\C)[C@H]1OC(=O)[C@@H](C)NC(=O)[C@H]([C@H](C)CC)NC(=O)CN(C)C(=O)[C@@H](Cc2ccc(Cl)cc2)N(C)C(=O)[C@H](CCCCNC(=O)CCC(C)(C)OCC)NC(=O)[C@@H](CC(C)C)OC(=O)/C(C)=C/CC[C@@H]1C. The number of cyclic esters (lactones) is 2. The quantitative estimate of drug-likeness (QED) is 0.0724. The molecule has 1 aromatic carbocycles. The van der Waals surface area contributed by atoms with Crippen LogP contribution in [0.3, 0.4) is 0 Å². The molecule has 18 heteroatoms. The van der Waals surface area contributed by atoms with E-state index in [1.54, 1.807) is 44.2 Å². The first kappa shape index (κ1) is 63.8. The molecule has 0 saturated heterocycles. The Balaban J connectivity index is 2.68. The second-order valence-corrected chi connectivity index (χ2v) is 21.0. The third-order valence-electron chi connectivity index (χ3n) is 13.4. The number of halogens is 1. The van der Waals surface area contributed by atoms with E-state index >= 15 is 0 Å². The van der Waals surface area contributed by atoms with Crippen LogP contribution in [0.25, 0.3) is 0 Å². The minimum atomic E-state index is -1.28. The normalized spacial score (nSPS) is 24.7. The summed E-state index contributed by atoms with van der Waals surface area (Å²) in [7, 11) is 2.86. The number of benzene rings is 1. The number of hydrogen-bond acceptors (Lipinski definition) is 11. The number of ether oxygens (including phenoxy) is 3. The van der Waals surface area contributed by atoms with Gasteiger partial charge in [-0.1, -0.05) is 76.9 Å². The topological polar surface area (TPSA) is 219 Å². The minimum absolute atomic E-state index is 0.00467. The number of esters is 2. The van der Waals surface area contributed by atoms with Crippen LogP contribution < -0.4 is 21.3 Å². The number of rotatable bonds is 17. The molecule has 0 unspecified atom stereocenters. The van der Waals surface area contributed by atoms with Gasteiger partial charge in [-0.05, 0) is 134 Å². The summed E-state index contributed by atoms with van der Waals surface area (Å²) in [5, 5.41) is 11.7. The van der Waals surface area contributed by atoms with Crippen molar-refractivity contribution in [3.05, 3.63) is 58.1 Å². The maximum absolute atomic E-state index is 14.9. The van der Waals surface area contributed by atoms with E-state index < -0.39 is 90.0 Å². The number of nitrogens with one attached hydrogen (secondary N) is 4. The van der Waals surface area contributed by atoms with Crippen LogP contribution in [-0.4, -0.2) is 133 Å². The van der Waals surface area contributed by atoms with Crippen molar-refractivity contribution in [2.75, 3.05) is 33.8 Å². The third kappa shape index (κ3) is 22.0. The standard InChI is InChI=1S/C55H87ClN6O11/c1-15-35(6)47-50(66)58-39(10)54(70)73-48(36(7)16-2)37(8)21-20-22-38(9)53(69)72-44(31-34(4)5)49(65)59-42(23-18-19-30-57-45(63)28-29-55(11,12)71-17-3)51(67)62(14)43(32-40-24-26-41(56)27-25-40)52(68)61(13)33-46(64)60-47/h16,22,24-27,34-35,37,39,42-44,47-48H,15,17-21,23,28-33H2,1-14H3,(H,57,63)(H,58,66)(H,59,65)(H,60,64)/b36-16+,38-22+/t35-,37+,39-,42+,43-,44-,47+,48-/m1/s1. The van der Waals surface area contributed by atoms with Gasteiger partial charge in [-0.25, -0.2) is 9.59 Å². The lowest BCUT2D eigenvalue weighted by Gasteiger charge is -2.34. The van der Waals surface area contributed by atoms with Gasteiger partial charge in [-0.15, -0.1) is 0 Å². The molecule has 0 aromatic heterocycles. The summed E-state index contributed by atoms with van der Waals surface area (Å²) in [6, 6.07) is 2.16. The van der Waals surface area contributed by atoms with Gasteiger partial charge in [0.15, 0.2) is 6.10 Å². The fraction of sp³-hybridized carbons (Fsp3) is 0.673. The summed E-state index contributed by atoms with van der Waals surface area (Å²) in [5.41, 5.74) is 1.24. The lowest BCUT2D eigenvalue weighted by Crippen LogP contribution is -2.58. The third-order valence-corrected chi connectivity index (χ3v) is 13.6. The van der Waals surface area contributed by atoms with Crippen molar-refractivity contribution in [3.8, 4) is 0 Å². The molecule has 0 radical (unpaired) electrons. The molecule has 0 bridgehead atoms. The molecule has 1 heterocycles. The monoisotopic (exact) mass is 1040 g/mol. The van der Waals surface area contributed by atoms with Crippen molar-refractivity contribution in [2.24, 2.45) is 17.8 Å². The molecule has 0 saturated carbocycles. The van der Waals surface area contributed by atoms with Gasteiger partial charge in [-0.2, -0.15) is 0 Å². The lowest BCUT2D eigenvalue weighted by atomic mass is 9.93. The van der Waals surface area contributed by atoms with Gasteiger partial charge in [0, 0.05) is 50.7 Å². The van der Waals surface area contributed by atoms with Gasteiger partial charge in [0.1, 0.15) is 30.3 Å². The van der Waals surface area contributed by atoms with Crippen LogP contribution in [0.5, 0.6) is 0 Å². The summed E-state index contributed by atoms with van der Waals surface area (Å²) in [6.45, 7) is 22.2. The second-order valence-electron chi connectivity index (χ2n) is 20.6. The minimum Gasteiger partial charge on any atom is -0.456 e. The van der Waals surface area contributed by atoms with Crippen LogP contribution in [0.15, 0.2) is 47.6 Å². The Morgan fingerprint density at radius 1 is 0.945 bits per heavy atom. The smallest absolute Gasteiger partial charge is 0.334 e. The first-order valence-electron chi connectivity index (χ1n) is 26.0. The van der Waals surface area contributed by atoms with Crippen LogP contribution in [0.4, 0.5) is 0 Å². The maximum Gasteiger partial charge on any atom is 0.334 e. The molecule has 2 rings (SSSR count). The lowest BCUT2D eigenvalue weighted by molar-refractivity contribution is -0.154. The summed E-state index contributed by atoms with van der Waals surface area (Å²) in [5.74, 6) is -5.44. The van der Waals surface area contributed by atoms with Gasteiger partial charge in [0.25, 0.3) is 5.91 Å².